The Kier molecular flexibility index (Phi) is 2.45. The lowest BCUT2D eigenvalue weighted by Crippen LogP contribution is -2.44. The average Bonchev–Trinajstić information content (AvgIpc) is 1.89. The maximum absolute atomic E-state index is 5.64. The number of ether oxygens (including phenoxy) is 2. The molecule has 2 atom stereocenters. The van der Waals surface area contributed by atoms with Crippen molar-refractivity contribution < 1.29 is 9.47 Å². The first kappa shape index (κ1) is 6.99. The highest BCUT2D eigenvalue weighted by atomic mass is 16.5. The Morgan fingerprint density at radius 1 is 1.67 bits per heavy atom. The van der Waals surface area contributed by atoms with Gasteiger partial charge in [0.2, 0.25) is 0 Å². The molecule has 0 aromatic carbocycles. The van der Waals surface area contributed by atoms with E-state index in [4.69, 9.17) is 15.2 Å². The van der Waals surface area contributed by atoms with Gasteiger partial charge in [-0.15, -0.1) is 0 Å². The van der Waals surface area contributed by atoms with Gasteiger partial charge in [0.15, 0.2) is 0 Å². The minimum atomic E-state index is 0.0729. The number of hydrogen-bond donors (Lipinski definition) is 1. The van der Waals surface area contributed by atoms with Crippen LogP contribution in [-0.4, -0.2) is 32.5 Å². The van der Waals surface area contributed by atoms with Crippen LogP contribution in [0.5, 0.6) is 0 Å². The second-order valence-corrected chi connectivity index (χ2v) is 2.30. The molecule has 1 aliphatic rings. The van der Waals surface area contributed by atoms with E-state index in [1.54, 1.807) is 7.11 Å². The molecule has 54 valence electrons. The third-order valence-corrected chi connectivity index (χ3v) is 1.64. The quantitative estimate of drug-likeness (QED) is 0.533. The van der Waals surface area contributed by atoms with Gasteiger partial charge in [0.05, 0.1) is 18.8 Å². The van der Waals surface area contributed by atoms with Crippen LogP contribution in [0.1, 0.15) is 6.42 Å². The lowest BCUT2D eigenvalue weighted by atomic mass is 10.1. The van der Waals surface area contributed by atoms with Crippen LogP contribution in [0.15, 0.2) is 0 Å². The van der Waals surface area contributed by atoms with E-state index < -0.39 is 0 Å². The highest BCUT2D eigenvalue weighted by Crippen LogP contribution is 2.07. The lowest BCUT2D eigenvalue weighted by Gasteiger charge is -2.26. The summed E-state index contributed by atoms with van der Waals surface area (Å²) in [6.45, 7) is 1.42. The first-order valence-electron chi connectivity index (χ1n) is 3.20. The number of rotatable bonds is 1. The van der Waals surface area contributed by atoms with E-state index in [1.165, 1.54) is 0 Å². The van der Waals surface area contributed by atoms with E-state index in [0.717, 1.165) is 13.0 Å². The summed E-state index contributed by atoms with van der Waals surface area (Å²) in [5, 5.41) is 0. The molecule has 0 bridgehead atoms. The molecule has 0 radical (unpaired) electrons. The van der Waals surface area contributed by atoms with Crippen molar-refractivity contribution in [1.29, 1.82) is 0 Å². The van der Waals surface area contributed by atoms with Crippen molar-refractivity contribution in [2.24, 2.45) is 5.73 Å². The van der Waals surface area contributed by atoms with Gasteiger partial charge in [-0.25, -0.2) is 0 Å². The van der Waals surface area contributed by atoms with E-state index in [-0.39, 0.29) is 12.1 Å². The molecule has 0 aliphatic carbocycles. The zero-order valence-electron chi connectivity index (χ0n) is 5.67. The van der Waals surface area contributed by atoms with Crippen molar-refractivity contribution >= 4 is 0 Å². The molecule has 0 aromatic heterocycles. The normalized spacial score (nSPS) is 36.7. The van der Waals surface area contributed by atoms with Crippen molar-refractivity contribution in [2.75, 3.05) is 20.3 Å². The van der Waals surface area contributed by atoms with E-state index in [1.807, 2.05) is 0 Å². The van der Waals surface area contributed by atoms with Gasteiger partial charge in [0.1, 0.15) is 0 Å². The molecule has 3 heteroatoms. The Morgan fingerprint density at radius 3 is 2.89 bits per heavy atom. The van der Waals surface area contributed by atoms with Crippen LogP contribution >= 0.6 is 0 Å². The van der Waals surface area contributed by atoms with Crippen LogP contribution in [-0.2, 0) is 9.47 Å². The first-order chi connectivity index (χ1) is 4.34. The molecular weight excluding hydrogens is 118 g/mol. The minimum absolute atomic E-state index is 0.0729. The van der Waals surface area contributed by atoms with Gasteiger partial charge in [-0.1, -0.05) is 0 Å². The Bertz CT molecular complexity index is 87.1. The zero-order valence-corrected chi connectivity index (χ0v) is 5.67. The van der Waals surface area contributed by atoms with E-state index in [0.29, 0.717) is 6.61 Å². The number of hydrogen-bond acceptors (Lipinski definition) is 3. The molecule has 1 rings (SSSR count). The third kappa shape index (κ3) is 1.64. The van der Waals surface area contributed by atoms with Crippen LogP contribution in [0, 0.1) is 0 Å². The summed E-state index contributed by atoms with van der Waals surface area (Å²) in [4.78, 5) is 0. The van der Waals surface area contributed by atoms with Crippen molar-refractivity contribution in [3.05, 3.63) is 0 Å². The van der Waals surface area contributed by atoms with Gasteiger partial charge in [0, 0.05) is 13.7 Å². The standard InChI is InChI=1S/C6H13NO2/c1-8-6-2-3-9-4-5(6)7/h5-6H,2-4,7H2,1H3/t5-,6-/m0/s1. The van der Waals surface area contributed by atoms with E-state index in [2.05, 4.69) is 0 Å². The summed E-state index contributed by atoms with van der Waals surface area (Å²) < 4.78 is 10.2. The Balaban J connectivity index is 2.30. The summed E-state index contributed by atoms with van der Waals surface area (Å²) in [6, 6.07) is 0.0729. The third-order valence-electron chi connectivity index (χ3n) is 1.64. The summed E-state index contributed by atoms with van der Waals surface area (Å²) in [5.41, 5.74) is 5.64. The fraction of sp³-hybridized carbons (Fsp3) is 1.00. The number of nitrogens with two attached hydrogens (primary N) is 1. The summed E-state index contributed by atoms with van der Waals surface area (Å²) in [7, 11) is 1.69. The Morgan fingerprint density at radius 2 is 2.44 bits per heavy atom. The molecule has 3 nitrogen and oxygen atoms in total. The maximum Gasteiger partial charge on any atom is 0.0766 e. The van der Waals surface area contributed by atoms with Gasteiger partial charge in [-0.3, -0.25) is 0 Å². The largest absolute Gasteiger partial charge is 0.380 e. The molecule has 0 aromatic rings. The van der Waals surface area contributed by atoms with Crippen molar-refractivity contribution in [2.45, 2.75) is 18.6 Å². The lowest BCUT2D eigenvalue weighted by molar-refractivity contribution is -0.0258. The van der Waals surface area contributed by atoms with Crippen molar-refractivity contribution in [3.63, 3.8) is 0 Å². The van der Waals surface area contributed by atoms with Gasteiger partial charge in [-0.2, -0.15) is 0 Å². The summed E-state index contributed by atoms with van der Waals surface area (Å²) in [6.07, 6.45) is 1.14. The predicted octanol–water partition coefficient (Wildman–Crippen LogP) is -0.251. The Labute approximate surface area is 55.1 Å². The van der Waals surface area contributed by atoms with Crippen LogP contribution in [0.3, 0.4) is 0 Å². The fourth-order valence-electron chi connectivity index (χ4n) is 1.03. The summed E-state index contributed by atoms with van der Waals surface area (Å²) >= 11 is 0. The highest BCUT2D eigenvalue weighted by Gasteiger charge is 2.21. The predicted molar refractivity (Wildman–Crippen MR) is 34.2 cm³/mol. The number of methoxy groups -OCH3 is 1. The molecule has 0 spiro atoms. The molecule has 1 heterocycles. The Hall–Kier alpha value is -0.120. The minimum Gasteiger partial charge on any atom is -0.380 e. The molecule has 2 N–H and O–H groups in total. The average molecular weight is 131 g/mol. The molecule has 1 saturated heterocycles. The van der Waals surface area contributed by atoms with Crippen molar-refractivity contribution in [3.8, 4) is 0 Å². The molecule has 0 saturated carbocycles. The van der Waals surface area contributed by atoms with Gasteiger partial charge >= 0.3 is 0 Å². The van der Waals surface area contributed by atoms with Crippen LogP contribution in [0.4, 0.5) is 0 Å². The molecule has 1 aliphatic heterocycles. The monoisotopic (exact) mass is 131 g/mol. The molecule has 0 unspecified atom stereocenters. The molecule has 0 amide bonds. The zero-order chi connectivity index (χ0) is 6.69. The maximum atomic E-state index is 5.64. The molecule has 9 heavy (non-hydrogen) atoms. The molecule has 1 fully saturated rings. The summed E-state index contributed by atoms with van der Waals surface area (Å²) in [5.74, 6) is 0. The highest BCUT2D eigenvalue weighted by molar-refractivity contribution is 4.75. The van der Waals surface area contributed by atoms with E-state index >= 15 is 0 Å². The van der Waals surface area contributed by atoms with Gasteiger partial charge in [0.25, 0.3) is 0 Å². The van der Waals surface area contributed by atoms with Gasteiger partial charge < -0.3 is 15.2 Å². The molecular formula is C6H13NO2. The fourth-order valence-corrected chi connectivity index (χ4v) is 1.03. The van der Waals surface area contributed by atoms with Crippen LogP contribution in [0.2, 0.25) is 0 Å². The smallest absolute Gasteiger partial charge is 0.0766 e. The second kappa shape index (κ2) is 3.15. The van der Waals surface area contributed by atoms with E-state index in [9.17, 15) is 0 Å². The van der Waals surface area contributed by atoms with Crippen LogP contribution in [0.25, 0.3) is 0 Å². The van der Waals surface area contributed by atoms with Crippen molar-refractivity contribution in [1.82, 2.24) is 0 Å². The van der Waals surface area contributed by atoms with Crippen LogP contribution < -0.4 is 5.73 Å². The first-order valence-corrected chi connectivity index (χ1v) is 3.20. The second-order valence-electron chi connectivity index (χ2n) is 2.30. The SMILES string of the molecule is CO[C@H]1CCOC[C@@H]1N. The van der Waals surface area contributed by atoms with Gasteiger partial charge in [-0.05, 0) is 6.42 Å². The topological polar surface area (TPSA) is 44.5 Å².